The molecule has 0 saturated carbocycles. The summed E-state index contributed by atoms with van der Waals surface area (Å²) >= 11 is 0. The molecule has 0 aliphatic rings. The zero-order valence-electron chi connectivity index (χ0n) is 25.5. The van der Waals surface area contributed by atoms with Crippen LogP contribution in [0.4, 0.5) is 0 Å². The van der Waals surface area contributed by atoms with Crippen LogP contribution in [0.15, 0.2) is 97.6 Å². The Kier molecular flexibility index (Phi) is 13.7. The van der Waals surface area contributed by atoms with Crippen LogP contribution in [0.3, 0.4) is 0 Å². The second kappa shape index (κ2) is 17.9. The fraction of sp³-hybridized carbons (Fsp3) is 0.270. The zero-order chi connectivity index (χ0) is 31.7. The van der Waals surface area contributed by atoms with Gasteiger partial charge in [-0.2, -0.15) is 0 Å². The molecule has 0 aliphatic carbocycles. The first-order valence-electron chi connectivity index (χ1n) is 14.7. The Balaban J connectivity index is 1.41. The molecule has 0 saturated heterocycles. The third-order valence-electron chi connectivity index (χ3n) is 6.66. The molecule has 44 heavy (non-hydrogen) atoms. The largest absolute Gasteiger partial charge is 0.494 e. The van der Waals surface area contributed by atoms with Crippen molar-refractivity contribution in [2.75, 3.05) is 19.8 Å². The highest BCUT2D eigenvalue weighted by Crippen LogP contribution is 2.27. The van der Waals surface area contributed by atoms with E-state index < -0.39 is 11.9 Å². The Hall–Kier alpha value is -4.91. The Bertz CT molecular complexity index is 1450. The van der Waals surface area contributed by atoms with Gasteiger partial charge in [-0.25, -0.2) is 14.4 Å². The number of rotatable bonds is 17. The van der Waals surface area contributed by atoms with Crippen molar-refractivity contribution in [2.24, 2.45) is 0 Å². The molecular weight excluding hydrogens is 556 g/mol. The number of ether oxygens (including phenoxy) is 4. The Labute approximate surface area is 259 Å². The van der Waals surface area contributed by atoms with Crippen LogP contribution >= 0.6 is 0 Å². The fourth-order valence-electron chi connectivity index (χ4n) is 4.25. The molecule has 0 aromatic heterocycles. The molecule has 3 rings (SSSR count). The smallest absolute Gasteiger partial charge is 0.336 e. The number of benzene rings is 3. The zero-order valence-corrected chi connectivity index (χ0v) is 25.5. The summed E-state index contributed by atoms with van der Waals surface area (Å²) in [5.74, 6) is -0.00217. The molecule has 3 aromatic rings. The van der Waals surface area contributed by atoms with Crippen LogP contribution < -0.4 is 9.47 Å². The summed E-state index contributed by atoms with van der Waals surface area (Å²) in [6, 6.07) is 21.1. The van der Waals surface area contributed by atoms with E-state index in [2.05, 4.69) is 13.2 Å². The highest BCUT2D eigenvalue weighted by atomic mass is 16.5. The molecule has 0 aliphatic heterocycles. The standard InChI is InChI=1S/C37H40O7/c1-5-35(38)42-25-22-29-10-16-33(17-11-29)44-36(39)21-13-30-12-20-34(28(4)26-30)31-14-18-32(19-15-31)41-23-8-6-7-9-24-43-37(40)27(2)3/h5,10-21,26H,1-2,6-9,22-25H2,3-4H3/b21-13+. The molecule has 0 radical (unpaired) electrons. The summed E-state index contributed by atoms with van der Waals surface area (Å²) in [5, 5.41) is 0. The summed E-state index contributed by atoms with van der Waals surface area (Å²) in [5.41, 5.74) is 5.53. The minimum absolute atomic E-state index is 0.256. The Morgan fingerprint density at radius 2 is 1.45 bits per heavy atom. The van der Waals surface area contributed by atoms with E-state index in [9.17, 15) is 14.4 Å². The Morgan fingerprint density at radius 3 is 2.11 bits per heavy atom. The molecule has 7 nitrogen and oxygen atoms in total. The van der Waals surface area contributed by atoms with Gasteiger partial charge < -0.3 is 18.9 Å². The van der Waals surface area contributed by atoms with Crippen molar-refractivity contribution >= 4 is 24.0 Å². The van der Waals surface area contributed by atoms with Gasteiger partial charge in [0.05, 0.1) is 19.8 Å². The lowest BCUT2D eigenvalue weighted by molar-refractivity contribution is -0.139. The second-order valence-corrected chi connectivity index (χ2v) is 10.3. The van der Waals surface area contributed by atoms with Crippen LogP contribution in [0.5, 0.6) is 11.5 Å². The maximum atomic E-state index is 12.3. The lowest BCUT2D eigenvalue weighted by Gasteiger charge is -2.10. The van der Waals surface area contributed by atoms with E-state index in [1.165, 1.54) is 6.08 Å². The van der Waals surface area contributed by atoms with E-state index in [0.717, 1.165) is 65.3 Å². The van der Waals surface area contributed by atoms with E-state index in [4.69, 9.17) is 18.9 Å². The molecule has 0 heterocycles. The van der Waals surface area contributed by atoms with E-state index in [-0.39, 0.29) is 12.6 Å². The van der Waals surface area contributed by atoms with Crippen molar-refractivity contribution in [3.05, 3.63) is 114 Å². The van der Waals surface area contributed by atoms with E-state index in [0.29, 0.717) is 31.0 Å². The highest BCUT2D eigenvalue weighted by Gasteiger charge is 2.06. The lowest BCUT2D eigenvalue weighted by atomic mass is 9.98. The molecule has 0 unspecified atom stereocenters. The van der Waals surface area contributed by atoms with Gasteiger partial charge in [0.25, 0.3) is 0 Å². The highest BCUT2D eigenvalue weighted by molar-refractivity contribution is 5.89. The molecule has 230 valence electrons. The molecular formula is C37H40O7. The molecule has 7 heteroatoms. The number of aryl methyl sites for hydroxylation is 1. The first kappa shape index (κ1) is 33.6. The van der Waals surface area contributed by atoms with Crippen LogP contribution in [0, 0.1) is 6.92 Å². The number of unbranched alkanes of at least 4 members (excludes halogenated alkanes) is 3. The summed E-state index contributed by atoms with van der Waals surface area (Å²) < 4.78 is 21.4. The number of carbonyl (C=O) groups excluding carboxylic acids is 3. The van der Waals surface area contributed by atoms with Gasteiger partial charge in [-0.15, -0.1) is 0 Å². The predicted molar refractivity (Wildman–Crippen MR) is 172 cm³/mol. The van der Waals surface area contributed by atoms with Gasteiger partial charge in [-0.3, -0.25) is 0 Å². The average Bonchev–Trinajstić information content (AvgIpc) is 3.02. The van der Waals surface area contributed by atoms with Gasteiger partial charge in [0.1, 0.15) is 11.5 Å². The number of hydrogen-bond acceptors (Lipinski definition) is 7. The molecule has 0 atom stereocenters. The molecule has 0 fully saturated rings. The van der Waals surface area contributed by atoms with Crippen molar-refractivity contribution in [3.63, 3.8) is 0 Å². The van der Waals surface area contributed by atoms with Gasteiger partial charge in [0.2, 0.25) is 0 Å². The minimum Gasteiger partial charge on any atom is -0.494 e. The first-order valence-corrected chi connectivity index (χ1v) is 14.7. The van der Waals surface area contributed by atoms with Crippen LogP contribution in [0.2, 0.25) is 0 Å². The van der Waals surface area contributed by atoms with E-state index in [1.54, 1.807) is 25.1 Å². The van der Waals surface area contributed by atoms with Gasteiger partial charge >= 0.3 is 17.9 Å². The quantitative estimate of drug-likeness (QED) is 0.0686. The summed E-state index contributed by atoms with van der Waals surface area (Å²) in [6.07, 6.45) is 8.57. The molecule has 0 spiro atoms. The topological polar surface area (TPSA) is 88.1 Å². The SMILES string of the molecule is C=CC(=O)OCCc1ccc(OC(=O)/C=C/c2ccc(-c3ccc(OCCCCCCOC(=O)C(=C)C)cc3)c(C)c2)cc1. The van der Waals surface area contributed by atoms with Crippen molar-refractivity contribution < 1.29 is 33.3 Å². The summed E-state index contributed by atoms with van der Waals surface area (Å²) in [7, 11) is 0. The van der Waals surface area contributed by atoms with Crippen molar-refractivity contribution in [1.82, 2.24) is 0 Å². The van der Waals surface area contributed by atoms with E-state index >= 15 is 0 Å². The third-order valence-corrected chi connectivity index (χ3v) is 6.66. The van der Waals surface area contributed by atoms with Crippen molar-refractivity contribution in [1.29, 1.82) is 0 Å². The monoisotopic (exact) mass is 596 g/mol. The minimum atomic E-state index is -0.473. The summed E-state index contributed by atoms with van der Waals surface area (Å²) in [6.45, 7) is 11.9. The van der Waals surface area contributed by atoms with Crippen molar-refractivity contribution in [3.8, 4) is 22.6 Å². The van der Waals surface area contributed by atoms with Crippen LogP contribution in [0.1, 0.15) is 49.3 Å². The fourth-order valence-corrected chi connectivity index (χ4v) is 4.25. The van der Waals surface area contributed by atoms with Gasteiger partial charge in [0, 0.05) is 24.1 Å². The van der Waals surface area contributed by atoms with Gasteiger partial charge in [-0.1, -0.05) is 55.6 Å². The summed E-state index contributed by atoms with van der Waals surface area (Å²) in [4.78, 5) is 34.8. The van der Waals surface area contributed by atoms with Gasteiger partial charge in [-0.05, 0) is 97.7 Å². The van der Waals surface area contributed by atoms with Crippen LogP contribution in [-0.4, -0.2) is 37.7 Å². The number of hydrogen-bond donors (Lipinski definition) is 0. The lowest BCUT2D eigenvalue weighted by Crippen LogP contribution is -2.06. The maximum absolute atomic E-state index is 12.3. The van der Waals surface area contributed by atoms with Crippen molar-refractivity contribution in [2.45, 2.75) is 46.0 Å². The molecule has 3 aromatic carbocycles. The van der Waals surface area contributed by atoms with Gasteiger partial charge in [0.15, 0.2) is 0 Å². The van der Waals surface area contributed by atoms with Crippen LogP contribution in [0.25, 0.3) is 17.2 Å². The third kappa shape index (κ3) is 11.8. The molecule has 0 bridgehead atoms. The molecule has 0 N–H and O–H groups in total. The van der Waals surface area contributed by atoms with E-state index in [1.807, 2.05) is 61.5 Å². The Morgan fingerprint density at radius 1 is 0.773 bits per heavy atom. The second-order valence-electron chi connectivity index (χ2n) is 10.3. The normalized spacial score (nSPS) is 10.7. The number of esters is 3. The average molecular weight is 597 g/mol. The molecule has 0 amide bonds. The first-order chi connectivity index (χ1) is 21.2. The van der Waals surface area contributed by atoms with Crippen LogP contribution in [-0.2, 0) is 30.3 Å². The maximum Gasteiger partial charge on any atom is 0.336 e. The number of carbonyl (C=O) groups is 3. The predicted octanol–water partition coefficient (Wildman–Crippen LogP) is 7.61.